The van der Waals surface area contributed by atoms with Crippen LogP contribution in [0.25, 0.3) is 0 Å². The summed E-state index contributed by atoms with van der Waals surface area (Å²) < 4.78 is 0.911. The van der Waals surface area contributed by atoms with Crippen LogP contribution < -0.4 is 10.6 Å². The first-order valence-corrected chi connectivity index (χ1v) is 6.89. The van der Waals surface area contributed by atoms with E-state index >= 15 is 0 Å². The molecule has 0 saturated heterocycles. The number of hydrogen-bond acceptors (Lipinski definition) is 2. The Morgan fingerprint density at radius 1 is 1.47 bits per heavy atom. The Morgan fingerprint density at radius 3 is 2.71 bits per heavy atom. The van der Waals surface area contributed by atoms with Gasteiger partial charge in [-0.15, -0.1) is 0 Å². The molecule has 0 saturated carbocycles. The van der Waals surface area contributed by atoms with Crippen LogP contribution in [-0.2, 0) is 0 Å². The molecule has 0 aliphatic carbocycles. The molecule has 0 radical (unpaired) electrons. The molecular formula is C12H15IN2OS. The van der Waals surface area contributed by atoms with Crippen molar-refractivity contribution in [2.75, 3.05) is 0 Å². The van der Waals surface area contributed by atoms with E-state index in [0.717, 1.165) is 9.99 Å². The molecule has 1 rings (SSSR count). The molecule has 0 aliphatic rings. The minimum absolute atomic E-state index is 0.171. The molecule has 3 nitrogen and oxygen atoms in total. The molecule has 1 aromatic rings. The number of benzene rings is 1. The van der Waals surface area contributed by atoms with Crippen molar-refractivity contribution >= 4 is 45.8 Å². The molecule has 5 heteroatoms. The number of rotatable bonds is 3. The minimum Gasteiger partial charge on any atom is -0.360 e. The van der Waals surface area contributed by atoms with E-state index in [1.165, 1.54) is 0 Å². The molecule has 1 unspecified atom stereocenters. The zero-order chi connectivity index (χ0) is 12.8. The summed E-state index contributed by atoms with van der Waals surface area (Å²) in [7, 11) is 0. The number of carbonyl (C=O) groups excluding carboxylic acids is 1. The second kappa shape index (κ2) is 6.90. The van der Waals surface area contributed by atoms with E-state index in [1.54, 1.807) is 6.07 Å². The van der Waals surface area contributed by atoms with Crippen molar-refractivity contribution in [1.82, 2.24) is 10.6 Å². The van der Waals surface area contributed by atoms with Crippen LogP contribution in [0.2, 0.25) is 0 Å². The summed E-state index contributed by atoms with van der Waals surface area (Å²) in [6, 6.07) is 7.66. The highest BCUT2D eigenvalue weighted by Gasteiger charge is 2.11. The second-order valence-electron chi connectivity index (χ2n) is 3.72. The SMILES string of the molecule is CCC(C)NC(=S)NC(=O)c1ccccc1I. The average molecular weight is 362 g/mol. The van der Waals surface area contributed by atoms with Crippen molar-refractivity contribution in [3.05, 3.63) is 33.4 Å². The fourth-order valence-corrected chi connectivity index (χ4v) is 2.10. The summed E-state index contributed by atoms with van der Waals surface area (Å²) in [5, 5.41) is 6.10. The average Bonchev–Trinajstić information content (AvgIpc) is 2.29. The smallest absolute Gasteiger partial charge is 0.258 e. The van der Waals surface area contributed by atoms with Crippen LogP contribution in [-0.4, -0.2) is 17.1 Å². The van der Waals surface area contributed by atoms with Crippen LogP contribution in [0.4, 0.5) is 0 Å². The van der Waals surface area contributed by atoms with Crippen LogP contribution in [0.5, 0.6) is 0 Å². The van der Waals surface area contributed by atoms with E-state index in [-0.39, 0.29) is 11.9 Å². The molecule has 0 heterocycles. The Labute approximate surface area is 121 Å². The number of halogens is 1. The van der Waals surface area contributed by atoms with Crippen molar-refractivity contribution in [2.45, 2.75) is 26.3 Å². The highest BCUT2D eigenvalue weighted by atomic mass is 127. The summed E-state index contributed by atoms with van der Waals surface area (Å²) in [5.41, 5.74) is 0.640. The lowest BCUT2D eigenvalue weighted by Gasteiger charge is -2.14. The van der Waals surface area contributed by atoms with Gasteiger partial charge in [-0.25, -0.2) is 0 Å². The van der Waals surface area contributed by atoms with Crippen molar-refractivity contribution < 1.29 is 4.79 Å². The van der Waals surface area contributed by atoms with Crippen molar-refractivity contribution in [1.29, 1.82) is 0 Å². The molecular weight excluding hydrogens is 347 g/mol. The Hall–Kier alpha value is -0.690. The Balaban J connectivity index is 2.61. The fourth-order valence-electron chi connectivity index (χ4n) is 1.18. The highest BCUT2D eigenvalue weighted by molar-refractivity contribution is 14.1. The van der Waals surface area contributed by atoms with Crippen LogP contribution in [0.15, 0.2) is 24.3 Å². The van der Waals surface area contributed by atoms with Gasteiger partial charge in [-0.2, -0.15) is 0 Å². The summed E-state index contributed by atoms with van der Waals surface area (Å²) in [6.45, 7) is 4.08. The van der Waals surface area contributed by atoms with Gasteiger partial charge >= 0.3 is 0 Å². The molecule has 0 spiro atoms. The molecule has 1 atom stereocenters. The fraction of sp³-hybridized carbons (Fsp3) is 0.333. The van der Waals surface area contributed by atoms with Gasteiger partial charge in [0, 0.05) is 9.61 Å². The highest BCUT2D eigenvalue weighted by Crippen LogP contribution is 2.10. The van der Waals surface area contributed by atoms with Crippen LogP contribution in [0.1, 0.15) is 30.6 Å². The normalized spacial score (nSPS) is 11.7. The molecule has 0 aromatic heterocycles. The summed E-state index contributed by atoms with van der Waals surface area (Å²) in [6.07, 6.45) is 0.957. The Morgan fingerprint density at radius 2 is 2.12 bits per heavy atom. The number of amides is 1. The topological polar surface area (TPSA) is 41.1 Å². The predicted molar refractivity (Wildman–Crippen MR) is 82.1 cm³/mol. The van der Waals surface area contributed by atoms with Gasteiger partial charge in [-0.1, -0.05) is 19.1 Å². The minimum atomic E-state index is -0.171. The Bertz CT molecular complexity index is 423. The maximum Gasteiger partial charge on any atom is 0.258 e. The van der Waals surface area contributed by atoms with Gasteiger partial charge in [0.25, 0.3) is 5.91 Å². The third-order valence-corrected chi connectivity index (χ3v) is 3.50. The zero-order valence-corrected chi connectivity index (χ0v) is 12.8. The first-order chi connectivity index (χ1) is 8.04. The van der Waals surface area contributed by atoms with Gasteiger partial charge in [0.15, 0.2) is 5.11 Å². The first-order valence-electron chi connectivity index (χ1n) is 5.41. The lowest BCUT2D eigenvalue weighted by Crippen LogP contribution is -2.43. The maximum atomic E-state index is 11.9. The van der Waals surface area contributed by atoms with E-state index in [4.69, 9.17) is 12.2 Å². The molecule has 0 bridgehead atoms. The van der Waals surface area contributed by atoms with Gasteiger partial charge in [0.05, 0.1) is 5.56 Å². The van der Waals surface area contributed by atoms with Gasteiger partial charge in [-0.05, 0) is 60.3 Å². The van der Waals surface area contributed by atoms with Crippen molar-refractivity contribution in [3.63, 3.8) is 0 Å². The lowest BCUT2D eigenvalue weighted by atomic mass is 10.2. The van der Waals surface area contributed by atoms with Gasteiger partial charge < -0.3 is 5.32 Å². The van der Waals surface area contributed by atoms with E-state index in [1.807, 2.05) is 25.1 Å². The monoisotopic (exact) mass is 362 g/mol. The molecule has 92 valence electrons. The van der Waals surface area contributed by atoms with Crippen LogP contribution >= 0.6 is 34.8 Å². The number of nitrogens with one attached hydrogen (secondary N) is 2. The molecule has 2 N–H and O–H groups in total. The predicted octanol–water partition coefficient (Wildman–Crippen LogP) is 2.69. The second-order valence-corrected chi connectivity index (χ2v) is 5.29. The lowest BCUT2D eigenvalue weighted by molar-refractivity contribution is 0.0975. The zero-order valence-electron chi connectivity index (χ0n) is 9.79. The molecule has 0 fully saturated rings. The quantitative estimate of drug-likeness (QED) is 0.642. The van der Waals surface area contributed by atoms with Gasteiger partial charge in [0.1, 0.15) is 0 Å². The van der Waals surface area contributed by atoms with E-state index in [2.05, 4.69) is 40.1 Å². The molecule has 0 aliphatic heterocycles. The third kappa shape index (κ3) is 4.59. The Kier molecular flexibility index (Phi) is 5.84. The molecule has 17 heavy (non-hydrogen) atoms. The summed E-state index contributed by atoms with van der Waals surface area (Å²) in [5.74, 6) is -0.171. The van der Waals surface area contributed by atoms with Crippen molar-refractivity contribution in [2.24, 2.45) is 0 Å². The van der Waals surface area contributed by atoms with E-state index in [9.17, 15) is 4.79 Å². The maximum absolute atomic E-state index is 11.9. The number of carbonyl (C=O) groups is 1. The summed E-state index contributed by atoms with van der Waals surface area (Å²) >= 11 is 7.20. The largest absolute Gasteiger partial charge is 0.360 e. The molecule has 1 amide bonds. The van der Waals surface area contributed by atoms with Crippen LogP contribution in [0, 0.1) is 3.57 Å². The van der Waals surface area contributed by atoms with E-state index < -0.39 is 0 Å². The molecule has 1 aromatic carbocycles. The third-order valence-electron chi connectivity index (χ3n) is 2.34. The van der Waals surface area contributed by atoms with Crippen molar-refractivity contribution in [3.8, 4) is 0 Å². The standard InChI is InChI=1S/C12H15IN2OS/c1-3-8(2)14-12(17)15-11(16)9-6-4-5-7-10(9)13/h4-8H,3H2,1-2H3,(H2,14,15,16,17). The van der Waals surface area contributed by atoms with Crippen LogP contribution in [0.3, 0.4) is 0 Å². The van der Waals surface area contributed by atoms with Gasteiger partial charge in [-0.3, -0.25) is 10.1 Å². The number of hydrogen-bond donors (Lipinski definition) is 2. The summed E-state index contributed by atoms with van der Waals surface area (Å²) in [4.78, 5) is 11.9. The number of thiocarbonyl (C=S) groups is 1. The first kappa shape index (κ1) is 14.4. The van der Waals surface area contributed by atoms with E-state index in [0.29, 0.717) is 10.7 Å². The van der Waals surface area contributed by atoms with Gasteiger partial charge in [0.2, 0.25) is 0 Å².